The Kier molecular flexibility index (Phi) is 3.90. The first-order valence-corrected chi connectivity index (χ1v) is 7.42. The Bertz CT molecular complexity index is 921. The second-order valence-corrected chi connectivity index (χ2v) is 5.12. The summed E-state index contributed by atoms with van der Waals surface area (Å²) < 4.78 is 12.6. The van der Waals surface area contributed by atoms with Gasteiger partial charge in [0.05, 0.1) is 29.4 Å². The van der Waals surface area contributed by atoms with E-state index in [-0.39, 0.29) is 5.97 Å². The number of para-hydroxylation sites is 1. The van der Waals surface area contributed by atoms with Crippen molar-refractivity contribution in [2.75, 3.05) is 6.61 Å². The summed E-state index contributed by atoms with van der Waals surface area (Å²) in [6, 6.07) is 13.2. The van der Waals surface area contributed by atoms with E-state index in [1.165, 1.54) is 0 Å². The Balaban J connectivity index is 2.23. The summed E-state index contributed by atoms with van der Waals surface area (Å²) in [6.45, 7) is 3.79. The van der Waals surface area contributed by atoms with Crippen molar-refractivity contribution in [1.82, 2.24) is 4.40 Å². The van der Waals surface area contributed by atoms with E-state index in [4.69, 9.17) is 14.7 Å². The van der Waals surface area contributed by atoms with Crippen LogP contribution in [0.15, 0.2) is 42.6 Å². The SMILES string of the molecule is CCOC(=O)c1c2ccccc2n2cc(OC(C)C#N)ccc12. The number of hydrogen-bond acceptors (Lipinski definition) is 4. The Hall–Kier alpha value is -3.00. The number of benzene rings is 1. The van der Waals surface area contributed by atoms with Gasteiger partial charge in [-0.2, -0.15) is 5.26 Å². The zero-order valence-electron chi connectivity index (χ0n) is 12.9. The van der Waals surface area contributed by atoms with E-state index in [1.54, 1.807) is 26.1 Å². The van der Waals surface area contributed by atoms with E-state index in [1.807, 2.05) is 40.8 Å². The summed E-state index contributed by atoms with van der Waals surface area (Å²) in [4.78, 5) is 12.3. The molecule has 3 rings (SSSR count). The molecule has 3 aromatic rings. The van der Waals surface area contributed by atoms with E-state index in [9.17, 15) is 4.79 Å². The number of nitriles is 1. The molecule has 2 heterocycles. The summed E-state index contributed by atoms with van der Waals surface area (Å²) in [5.74, 6) is 0.230. The lowest BCUT2D eigenvalue weighted by atomic mass is 10.1. The Morgan fingerprint density at radius 2 is 2.04 bits per heavy atom. The van der Waals surface area contributed by atoms with Crippen LogP contribution in [0.25, 0.3) is 16.4 Å². The van der Waals surface area contributed by atoms with E-state index in [2.05, 4.69) is 0 Å². The molecule has 0 saturated heterocycles. The first-order chi connectivity index (χ1) is 11.2. The minimum atomic E-state index is -0.543. The van der Waals surface area contributed by atoms with Crippen LogP contribution in [0, 0.1) is 11.3 Å². The van der Waals surface area contributed by atoms with Crippen molar-refractivity contribution in [1.29, 1.82) is 5.26 Å². The molecule has 2 aromatic heterocycles. The molecule has 0 amide bonds. The maximum atomic E-state index is 12.3. The normalized spacial score (nSPS) is 12.0. The summed E-state index contributed by atoms with van der Waals surface area (Å²) >= 11 is 0. The van der Waals surface area contributed by atoms with Gasteiger partial charge < -0.3 is 13.9 Å². The van der Waals surface area contributed by atoms with Gasteiger partial charge in [0.15, 0.2) is 6.10 Å². The van der Waals surface area contributed by atoms with Crippen LogP contribution >= 0.6 is 0 Å². The van der Waals surface area contributed by atoms with Crippen molar-refractivity contribution in [3.8, 4) is 11.8 Å². The lowest BCUT2D eigenvalue weighted by molar-refractivity contribution is 0.0531. The maximum absolute atomic E-state index is 12.3. The molecule has 0 N–H and O–H groups in total. The Morgan fingerprint density at radius 1 is 1.26 bits per heavy atom. The number of esters is 1. The molecule has 1 aromatic carbocycles. The lowest BCUT2D eigenvalue weighted by Gasteiger charge is -2.08. The number of nitrogens with zero attached hydrogens (tertiary/aromatic N) is 2. The van der Waals surface area contributed by atoms with Crippen molar-refractivity contribution in [2.45, 2.75) is 20.0 Å². The second kappa shape index (κ2) is 6.01. The highest BCUT2D eigenvalue weighted by Gasteiger charge is 2.19. The minimum Gasteiger partial charge on any atom is -0.474 e. The van der Waals surface area contributed by atoms with Gasteiger partial charge in [-0.1, -0.05) is 18.2 Å². The largest absolute Gasteiger partial charge is 0.474 e. The first kappa shape index (κ1) is 14.9. The predicted octanol–water partition coefficient (Wildman–Crippen LogP) is 3.56. The summed E-state index contributed by atoms with van der Waals surface area (Å²) in [7, 11) is 0. The molecule has 0 saturated carbocycles. The van der Waals surface area contributed by atoms with Gasteiger partial charge in [-0.05, 0) is 32.0 Å². The predicted molar refractivity (Wildman–Crippen MR) is 86.6 cm³/mol. The molecular formula is C18H16N2O3. The number of carbonyl (C=O) groups excluding carboxylic acids is 1. The smallest absolute Gasteiger partial charge is 0.340 e. The van der Waals surface area contributed by atoms with Crippen LogP contribution in [0.2, 0.25) is 0 Å². The van der Waals surface area contributed by atoms with Crippen LogP contribution in [0.3, 0.4) is 0 Å². The fourth-order valence-corrected chi connectivity index (χ4v) is 2.64. The number of carbonyl (C=O) groups is 1. The molecule has 5 nitrogen and oxygen atoms in total. The van der Waals surface area contributed by atoms with E-state index in [0.717, 1.165) is 16.4 Å². The number of rotatable bonds is 4. The van der Waals surface area contributed by atoms with Gasteiger partial charge in [-0.25, -0.2) is 4.79 Å². The highest BCUT2D eigenvalue weighted by atomic mass is 16.5. The molecule has 0 aliphatic heterocycles. The van der Waals surface area contributed by atoms with Crippen molar-refractivity contribution in [3.63, 3.8) is 0 Å². The molecular weight excluding hydrogens is 292 g/mol. The van der Waals surface area contributed by atoms with E-state index in [0.29, 0.717) is 17.9 Å². The molecule has 5 heteroatoms. The van der Waals surface area contributed by atoms with Crippen LogP contribution in [0.1, 0.15) is 24.2 Å². The third-order valence-corrected chi connectivity index (χ3v) is 3.58. The van der Waals surface area contributed by atoms with Crippen LogP contribution in [0.5, 0.6) is 5.75 Å². The number of aromatic nitrogens is 1. The fraction of sp³-hybridized carbons (Fsp3) is 0.222. The van der Waals surface area contributed by atoms with E-state index >= 15 is 0 Å². The Labute approximate surface area is 133 Å². The highest BCUT2D eigenvalue weighted by Crippen LogP contribution is 2.29. The molecule has 0 radical (unpaired) electrons. The topological polar surface area (TPSA) is 63.7 Å². The quantitative estimate of drug-likeness (QED) is 0.691. The van der Waals surface area contributed by atoms with E-state index < -0.39 is 6.10 Å². The van der Waals surface area contributed by atoms with Crippen molar-refractivity contribution < 1.29 is 14.3 Å². The Morgan fingerprint density at radius 3 is 2.78 bits per heavy atom. The minimum absolute atomic E-state index is 0.325. The zero-order valence-corrected chi connectivity index (χ0v) is 12.9. The van der Waals surface area contributed by atoms with Gasteiger partial charge in [0.1, 0.15) is 11.8 Å². The third-order valence-electron chi connectivity index (χ3n) is 3.58. The highest BCUT2D eigenvalue weighted by molar-refractivity contribution is 6.11. The molecule has 1 atom stereocenters. The van der Waals surface area contributed by atoms with Gasteiger partial charge in [0.25, 0.3) is 0 Å². The van der Waals surface area contributed by atoms with Gasteiger partial charge in [0.2, 0.25) is 0 Å². The molecule has 0 spiro atoms. The summed E-state index contributed by atoms with van der Waals surface area (Å²) in [5, 5.41) is 9.70. The van der Waals surface area contributed by atoms with Gasteiger partial charge >= 0.3 is 5.97 Å². The van der Waals surface area contributed by atoms with Gasteiger partial charge in [0, 0.05) is 5.39 Å². The van der Waals surface area contributed by atoms with Gasteiger partial charge in [-0.3, -0.25) is 0 Å². The molecule has 0 aliphatic rings. The number of fused-ring (bicyclic) bond motifs is 3. The van der Waals surface area contributed by atoms with Crippen LogP contribution < -0.4 is 4.74 Å². The zero-order chi connectivity index (χ0) is 16.4. The van der Waals surface area contributed by atoms with Crippen molar-refractivity contribution >= 4 is 22.4 Å². The van der Waals surface area contributed by atoms with Crippen molar-refractivity contribution in [3.05, 3.63) is 48.2 Å². The average molecular weight is 308 g/mol. The molecule has 116 valence electrons. The average Bonchev–Trinajstić information content (AvgIpc) is 2.89. The van der Waals surface area contributed by atoms with Crippen LogP contribution in [0.4, 0.5) is 0 Å². The van der Waals surface area contributed by atoms with Gasteiger partial charge in [-0.15, -0.1) is 0 Å². The maximum Gasteiger partial charge on any atom is 0.340 e. The number of pyridine rings is 1. The standard InChI is InChI=1S/C18H16N2O3/c1-3-22-18(21)17-14-6-4-5-7-15(14)20-11-13(8-9-16(17)20)23-12(2)10-19/h4-9,11-12H,3H2,1-2H3. The molecule has 0 fully saturated rings. The number of ether oxygens (including phenoxy) is 2. The van der Waals surface area contributed by atoms with Crippen LogP contribution in [-0.2, 0) is 4.74 Å². The fourth-order valence-electron chi connectivity index (χ4n) is 2.64. The van der Waals surface area contributed by atoms with Crippen molar-refractivity contribution in [2.24, 2.45) is 0 Å². The third kappa shape index (κ3) is 2.59. The van der Waals surface area contributed by atoms with Crippen LogP contribution in [-0.4, -0.2) is 23.1 Å². The monoisotopic (exact) mass is 308 g/mol. The molecule has 1 unspecified atom stereocenters. The molecule has 0 aliphatic carbocycles. The number of hydrogen-bond donors (Lipinski definition) is 0. The molecule has 0 bridgehead atoms. The summed E-state index contributed by atoms with van der Waals surface area (Å²) in [5.41, 5.74) is 2.18. The second-order valence-electron chi connectivity index (χ2n) is 5.12. The first-order valence-electron chi connectivity index (χ1n) is 7.42. The summed E-state index contributed by atoms with van der Waals surface area (Å²) in [6.07, 6.45) is 1.24. The lowest BCUT2D eigenvalue weighted by Crippen LogP contribution is -2.08. The molecule has 23 heavy (non-hydrogen) atoms.